The fourth-order valence-corrected chi connectivity index (χ4v) is 4.27. The molecule has 0 unspecified atom stereocenters. The van der Waals surface area contributed by atoms with Crippen molar-refractivity contribution in [1.82, 2.24) is 19.9 Å². The molecule has 0 aliphatic carbocycles. The molecule has 0 aliphatic heterocycles. The molecule has 0 bridgehead atoms. The maximum atomic E-state index is 11.3. The van der Waals surface area contributed by atoms with Crippen molar-refractivity contribution in [2.75, 3.05) is 7.11 Å². The van der Waals surface area contributed by atoms with Crippen LogP contribution in [0.25, 0.3) is 39.1 Å². The highest BCUT2D eigenvalue weighted by Crippen LogP contribution is 2.36. The Bertz CT molecular complexity index is 1500. The van der Waals surface area contributed by atoms with Gasteiger partial charge in [0.25, 0.3) is 0 Å². The third-order valence-corrected chi connectivity index (χ3v) is 6.21. The number of aromatic nitrogens is 3. The number of ether oxygens (including phenoxy) is 1. The average Bonchev–Trinajstić information content (AvgIpc) is 3.33. The molecule has 2 aromatic heterocycles. The number of methoxy groups -OCH3 is 1. The molecule has 2 N–H and O–H groups in total. The number of pyridine rings is 1. The summed E-state index contributed by atoms with van der Waals surface area (Å²) in [4.78, 5) is 8.97. The van der Waals surface area contributed by atoms with Crippen molar-refractivity contribution in [1.29, 1.82) is 0 Å². The van der Waals surface area contributed by atoms with Crippen LogP contribution < -0.4 is 10.1 Å². The molecule has 182 valence electrons. The number of benzene rings is 3. The molecular formula is C30H30N4O2. The Balaban J connectivity index is 1.49. The molecule has 0 fully saturated rings. The molecule has 6 nitrogen and oxygen atoms in total. The van der Waals surface area contributed by atoms with Crippen molar-refractivity contribution in [2.45, 2.75) is 32.9 Å². The first-order chi connectivity index (χ1) is 17.3. The SMILES string of the molecule is COc1ccc(-n2cnc3cnc(-c4ccc(-c5ccccc5CNC(C)(C)C)cc4)c(O)c32)cc1. The van der Waals surface area contributed by atoms with E-state index in [1.54, 1.807) is 19.6 Å². The van der Waals surface area contributed by atoms with Crippen LogP contribution in [-0.4, -0.2) is 32.3 Å². The van der Waals surface area contributed by atoms with E-state index in [0.717, 1.165) is 29.1 Å². The Morgan fingerprint density at radius 1 is 0.889 bits per heavy atom. The molecule has 5 aromatic rings. The molecule has 0 atom stereocenters. The maximum absolute atomic E-state index is 11.3. The number of rotatable bonds is 6. The Morgan fingerprint density at radius 3 is 2.28 bits per heavy atom. The Kier molecular flexibility index (Phi) is 6.20. The molecule has 6 heteroatoms. The van der Waals surface area contributed by atoms with E-state index in [1.165, 1.54) is 11.1 Å². The van der Waals surface area contributed by atoms with Gasteiger partial charge in [0.2, 0.25) is 0 Å². The molecule has 0 saturated heterocycles. The third kappa shape index (κ3) is 4.68. The van der Waals surface area contributed by atoms with Crippen molar-refractivity contribution in [2.24, 2.45) is 0 Å². The summed E-state index contributed by atoms with van der Waals surface area (Å²) in [6.45, 7) is 7.29. The molecule has 0 amide bonds. The lowest BCUT2D eigenvalue weighted by Gasteiger charge is -2.21. The zero-order valence-electron chi connectivity index (χ0n) is 21.0. The van der Waals surface area contributed by atoms with Gasteiger partial charge >= 0.3 is 0 Å². The minimum atomic E-state index is 0.0388. The van der Waals surface area contributed by atoms with Crippen molar-refractivity contribution in [3.63, 3.8) is 0 Å². The average molecular weight is 479 g/mol. The Morgan fingerprint density at radius 2 is 1.58 bits per heavy atom. The summed E-state index contributed by atoms with van der Waals surface area (Å²) in [7, 11) is 1.64. The number of hydrogen-bond donors (Lipinski definition) is 2. The number of imidazole rings is 1. The fourth-order valence-electron chi connectivity index (χ4n) is 4.27. The number of nitrogens with one attached hydrogen (secondary N) is 1. The number of aromatic hydroxyl groups is 1. The standard InChI is InChI=1S/C30H30N4O2/c1-30(2,3)33-17-22-7-5-6-8-25(22)20-9-11-21(12-10-20)27-29(35)28-26(18-31-27)32-19-34(28)23-13-15-24(36-4)16-14-23/h5-16,18-19,33,35H,17H2,1-4H3. The van der Waals surface area contributed by atoms with Crippen LogP contribution in [0.3, 0.4) is 0 Å². The predicted octanol–water partition coefficient (Wildman–Crippen LogP) is 6.36. The lowest BCUT2D eigenvalue weighted by atomic mass is 9.97. The van der Waals surface area contributed by atoms with Gasteiger partial charge in [-0.25, -0.2) is 9.97 Å². The van der Waals surface area contributed by atoms with Crippen LogP contribution >= 0.6 is 0 Å². The normalized spacial score (nSPS) is 11.7. The smallest absolute Gasteiger partial charge is 0.168 e. The zero-order valence-corrected chi connectivity index (χ0v) is 21.0. The second kappa shape index (κ2) is 9.47. The van der Waals surface area contributed by atoms with Gasteiger partial charge in [0, 0.05) is 23.3 Å². The summed E-state index contributed by atoms with van der Waals surface area (Å²) in [6.07, 6.45) is 3.40. The van der Waals surface area contributed by atoms with Crippen molar-refractivity contribution in [3.8, 4) is 39.6 Å². The summed E-state index contributed by atoms with van der Waals surface area (Å²) in [5.41, 5.74) is 7.07. The van der Waals surface area contributed by atoms with Crippen LogP contribution in [0.5, 0.6) is 11.5 Å². The zero-order chi connectivity index (χ0) is 25.3. The van der Waals surface area contributed by atoms with E-state index in [-0.39, 0.29) is 11.3 Å². The lowest BCUT2D eigenvalue weighted by molar-refractivity contribution is 0.415. The summed E-state index contributed by atoms with van der Waals surface area (Å²) in [5, 5.41) is 14.8. The second-order valence-corrected chi connectivity index (χ2v) is 9.84. The highest BCUT2D eigenvalue weighted by atomic mass is 16.5. The number of fused-ring (bicyclic) bond motifs is 1. The monoisotopic (exact) mass is 478 g/mol. The second-order valence-electron chi connectivity index (χ2n) is 9.84. The van der Waals surface area contributed by atoms with Gasteiger partial charge in [-0.05, 0) is 61.7 Å². The first kappa shape index (κ1) is 23.6. The number of hydrogen-bond acceptors (Lipinski definition) is 5. The molecule has 0 saturated carbocycles. The van der Waals surface area contributed by atoms with Gasteiger partial charge in [-0.15, -0.1) is 0 Å². The van der Waals surface area contributed by atoms with Crippen LogP contribution in [0.1, 0.15) is 26.3 Å². The van der Waals surface area contributed by atoms with Crippen LogP contribution in [-0.2, 0) is 6.54 Å². The van der Waals surface area contributed by atoms with Crippen molar-refractivity contribution < 1.29 is 9.84 Å². The van der Waals surface area contributed by atoms with E-state index in [9.17, 15) is 5.11 Å². The van der Waals surface area contributed by atoms with Crippen LogP contribution in [0.2, 0.25) is 0 Å². The van der Waals surface area contributed by atoms with Gasteiger partial charge in [-0.3, -0.25) is 4.57 Å². The summed E-state index contributed by atoms with van der Waals surface area (Å²) < 4.78 is 7.13. The lowest BCUT2D eigenvalue weighted by Crippen LogP contribution is -2.35. The van der Waals surface area contributed by atoms with Gasteiger partial charge in [-0.1, -0.05) is 48.5 Å². The third-order valence-electron chi connectivity index (χ3n) is 6.21. The molecule has 36 heavy (non-hydrogen) atoms. The summed E-state index contributed by atoms with van der Waals surface area (Å²) in [5.74, 6) is 0.869. The molecule has 0 radical (unpaired) electrons. The largest absolute Gasteiger partial charge is 0.504 e. The number of nitrogens with zero attached hydrogens (tertiary/aromatic N) is 3. The van der Waals surface area contributed by atoms with E-state index in [1.807, 2.05) is 41.0 Å². The van der Waals surface area contributed by atoms with Gasteiger partial charge in [-0.2, -0.15) is 0 Å². The van der Waals surface area contributed by atoms with Crippen LogP contribution in [0.15, 0.2) is 85.3 Å². The van der Waals surface area contributed by atoms with E-state index in [2.05, 4.69) is 72.5 Å². The van der Waals surface area contributed by atoms with Gasteiger partial charge in [0.1, 0.15) is 28.8 Å². The van der Waals surface area contributed by atoms with Crippen molar-refractivity contribution in [3.05, 3.63) is 90.9 Å². The van der Waals surface area contributed by atoms with E-state index >= 15 is 0 Å². The molecule has 0 aliphatic rings. The topological polar surface area (TPSA) is 72.2 Å². The maximum Gasteiger partial charge on any atom is 0.168 e. The summed E-state index contributed by atoms with van der Waals surface area (Å²) >= 11 is 0. The fraction of sp³-hybridized carbons (Fsp3) is 0.200. The van der Waals surface area contributed by atoms with Crippen molar-refractivity contribution >= 4 is 11.0 Å². The quantitative estimate of drug-likeness (QED) is 0.297. The van der Waals surface area contributed by atoms with Gasteiger partial charge in [0.15, 0.2) is 5.75 Å². The Labute approximate surface area is 211 Å². The van der Waals surface area contributed by atoms with E-state index < -0.39 is 0 Å². The predicted molar refractivity (Wildman–Crippen MR) is 145 cm³/mol. The first-order valence-corrected chi connectivity index (χ1v) is 12.0. The highest BCUT2D eigenvalue weighted by Gasteiger charge is 2.17. The highest BCUT2D eigenvalue weighted by molar-refractivity contribution is 5.89. The molecular weight excluding hydrogens is 448 g/mol. The minimum Gasteiger partial charge on any atom is -0.504 e. The first-order valence-electron chi connectivity index (χ1n) is 12.0. The Hall–Kier alpha value is -4.16. The van der Waals surface area contributed by atoms with E-state index in [0.29, 0.717) is 16.7 Å². The molecule has 5 rings (SSSR count). The van der Waals surface area contributed by atoms with E-state index in [4.69, 9.17) is 4.74 Å². The minimum absolute atomic E-state index is 0.0388. The van der Waals surface area contributed by atoms with Crippen LogP contribution in [0, 0.1) is 0 Å². The van der Waals surface area contributed by atoms with Crippen LogP contribution in [0.4, 0.5) is 0 Å². The molecule has 0 spiro atoms. The molecule has 2 heterocycles. The van der Waals surface area contributed by atoms with Gasteiger partial charge in [0.05, 0.1) is 13.3 Å². The summed E-state index contributed by atoms with van der Waals surface area (Å²) in [6, 6.07) is 24.2. The molecule has 3 aromatic carbocycles. The van der Waals surface area contributed by atoms with Gasteiger partial charge < -0.3 is 15.2 Å².